The van der Waals surface area contributed by atoms with Crippen molar-refractivity contribution in [1.82, 2.24) is 0 Å². The number of hydrogen-bond acceptors (Lipinski definition) is 2. The van der Waals surface area contributed by atoms with E-state index in [4.69, 9.17) is 0 Å². The molecule has 0 N–H and O–H groups in total. The molecule has 5 heteroatoms. The molecule has 17 heavy (non-hydrogen) atoms. The smallest absolute Gasteiger partial charge is 0.297 e. The van der Waals surface area contributed by atoms with Gasteiger partial charge in [-0.25, -0.2) is 0 Å². The maximum absolute atomic E-state index is 12.5. The average molecular weight is 256 g/mol. The number of hydrogen-bond donors (Lipinski definition) is 0. The number of halogens is 3. The predicted molar refractivity (Wildman–Crippen MR) is 60.1 cm³/mol. The SMILES string of the molecule is O=Cc1sccc1-c1cccc(C(F)(F)F)c1. The zero-order chi connectivity index (χ0) is 12.5. The normalized spacial score (nSPS) is 11.5. The Morgan fingerprint density at radius 2 is 1.94 bits per heavy atom. The maximum atomic E-state index is 12.5. The van der Waals surface area contributed by atoms with Gasteiger partial charge in [0.2, 0.25) is 0 Å². The van der Waals surface area contributed by atoms with E-state index in [1.807, 2.05) is 0 Å². The summed E-state index contributed by atoms with van der Waals surface area (Å²) in [5.41, 5.74) is 0.234. The van der Waals surface area contributed by atoms with Gasteiger partial charge in [-0.05, 0) is 29.1 Å². The van der Waals surface area contributed by atoms with E-state index in [0.717, 1.165) is 12.1 Å². The summed E-state index contributed by atoms with van der Waals surface area (Å²) in [5.74, 6) is 0. The lowest BCUT2D eigenvalue weighted by Crippen LogP contribution is -2.04. The van der Waals surface area contributed by atoms with E-state index in [0.29, 0.717) is 22.3 Å². The molecule has 0 bridgehead atoms. The molecular weight excluding hydrogens is 249 g/mol. The number of carbonyl (C=O) groups is 1. The van der Waals surface area contributed by atoms with Crippen molar-refractivity contribution >= 4 is 17.6 Å². The molecule has 0 saturated carbocycles. The fraction of sp³-hybridized carbons (Fsp3) is 0.0833. The monoisotopic (exact) mass is 256 g/mol. The van der Waals surface area contributed by atoms with Gasteiger partial charge in [0, 0.05) is 5.56 Å². The Morgan fingerprint density at radius 1 is 1.18 bits per heavy atom. The van der Waals surface area contributed by atoms with Crippen LogP contribution in [0, 0.1) is 0 Å². The zero-order valence-corrected chi connectivity index (χ0v) is 9.31. The number of rotatable bonds is 2. The van der Waals surface area contributed by atoms with Gasteiger partial charge in [-0.1, -0.05) is 12.1 Å². The van der Waals surface area contributed by atoms with E-state index in [9.17, 15) is 18.0 Å². The lowest BCUT2D eigenvalue weighted by molar-refractivity contribution is -0.137. The molecule has 0 radical (unpaired) electrons. The minimum absolute atomic E-state index is 0.406. The van der Waals surface area contributed by atoms with E-state index >= 15 is 0 Å². The second-order valence-corrected chi connectivity index (χ2v) is 4.34. The van der Waals surface area contributed by atoms with Crippen LogP contribution in [0.3, 0.4) is 0 Å². The van der Waals surface area contributed by atoms with E-state index in [2.05, 4.69) is 0 Å². The van der Waals surface area contributed by atoms with Crippen molar-refractivity contribution in [2.45, 2.75) is 6.18 Å². The van der Waals surface area contributed by atoms with Gasteiger partial charge in [-0.2, -0.15) is 13.2 Å². The summed E-state index contributed by atoms with van der Waals surface area (Å²) >= 11 is 1.21. The van der Waals surface area contributed by atoms with Crippen LogP contribution in [0.4, 0.5) is 13.2 Å². The van der Waals surface area contributed by atoms with Gasteiger partial charge in [0.05, 0.1) is 10.4 Å². The highest BCUT2D eigenvalue weighted by atomic mass is 32.1. The molecule has 1 aromatic carbocycles. The van der Waals surface area contributed by atoms with Gasteiger partial charge in [0.1, 0.15) is 0 Å². The second kappa shape index (κ2) is 4.33. The van der Waals surface area contributed by atoms with E-state index < -0.39 is 11.7 Å². The average Bonchev–Trinajstić information content (AvgIpc) is 2.76. The maximum Gasteiger partial charge on any atom is 0.416 e. The van der Waals surface area contributed by atoms with Crippen LogP contribution in [-0.4, -0.2) is 6.29 Å². The number of aldehydes is 1. The summed E-state index contributed by atoms with van der Waals surface area (Å²) in [6.07, 6.45) is -3.71. The Kier molecular flexibility index (Phi) is 3.02. The molecule has 2 rings (SSSR count). The highest BCUT2D eigenvalue weighted by Gasteiger charge is 2.30. The summed E-state index contributed by atoms with van der Waals surface area (Å²) in [6.45, 7) is 0. The van der Waals surface area contributed by atoms with Crippen molar-refractivity contribution in [1.29, 1.82) is 0 Å². The van der Waals surface area contributed by atoms with Crippen molar-refractivity contribution in [3.05, 3.63) is 46.2 Å². The van der Waals surface area contributed by atoms with Crippen LogP contribution in [-0.2, 0) is 6.18 Å². The molecule has 1 nitrogen and oxygen atoms in total. The molecule has 0 unspecified atom stereocenters. The summed E-state index contributed by atoms with van der Waals surface area (Å²) in [6, 6.07) is 6.60. The van der Waals surface area contributed by atoms with E-state index in [1.54, 1.807) is 17.5 Å². The van der Waals surface area contributed by atoms with Crippen molar-refractivity contribution in [3.63, 3.8) is 0 Å². The standard InChI is InChI=1S/C12H7F3OS/c13-12(14,15)9-3-1-2-8(6-9)10-4-5-17-11(10)7-16/h1-7H. The van der Waals surface area contributed by atoms with Crippen LogP contribution in [0.2, 0.25) is 0 Å². The van der Waals surface area contributed by atoms with Gasteiger partial charge < -0.3 is 0 Å². The molecule has 0 saturated heterocycles. The Balaban J connectivity index is 2.51. The molecule has 0 aliphatic heterocycles. The summed E-state index contributed by atoms with van der Waals surface area (Å²) in [4.78, 5) is 11.2. The molecule has 1 aromatic heterocycles. The second-order valence-electron chi connectivity index (χ2n) is 3.39. The first-order valence-electron chi connectivity index (χ1n) is 4.72. The number of thiophene rings is 1. The van der Waals surface area contributed by atoms with Crippen molar-refractivity contribution < 1.29 is 18.0 Å². The highest BCUT2D eigenvalue weighted by Crippen LogP contribution is 2.33. The first-order valence-corrected chi connectivity index (χ1v) is 5.60. The number of carbonyl (C=O) groups excluding carboxylic acids is 1. The Hall–Kier alpha value is -1.62. The molecule has 0 fully saturated rings. The molecule has 0 amide bonds. The fourth-order valence-electron chi connectivity index (χ4n) is 1.51. The lowest BCUT2D eigenvalue weighted by atomic mass is 10.0. The molecule has 88 valence electrons. The molecule has 1 heterocycles. The molecule has 0 atom stereocenters. The van der Waals surface area contributed by atoms with Crippen LogP contribution in [0.25, 0.3) is 11.1 Å². The first kappa shape index (κ1) is 11.9. The highest BCUT2D eigenvalue weighted by molar-refractivity contribution is 7.12. The van der Waals surface area contributed by atoms with Gasteiger partial charge in [0.25, 0.3) is 0 Å². The van der Waals surface area contributed by atoms with Gasteiger partial charge in [-0.15, -0.1) is 11.3 Å². The largest absolute Gasteiger partial charge is 0.416 e. The van der Waals surface area contributed by atoms with Gasteiger partial charge in [-0.3, -0.25) is 4.79 Å². The molecule has 0 aliphatic carbocycles. The third-order valence-corrected chi connectivity index (χ3v) is 3.15. The molecule has 0 aliphatic rings. The van der Waals surface area contributed by atoms with Crippen molar-refractivity contribution in [2.75, 3.05) is 0 Å². The Labute approximate surface area is 99.5 Å². The molecule has 0 spiro atoms. The van der Waals surface area contributed by atoms with E-state index in [1.165, 1.54) is 17.4 Å². The number of benzene rings is 1. The minimum Gasteiger partial charge on any atom is -0.297 e. The molecular formula is C12H7F3OS. The zero-order valence-electron chi connectivity index (χ0n) is 8.49. The minimum atomic E-state index is -4.37. The van der Waals surface area contributed by atoms with Gasteiger partial charge in [0.15, 0.2) is 6.29 Å². The Morgan fingerprint density at radius 3 is 2.59 bits per heavy atom. The van der Waals surface area contributed by atoms with Crippen LogP contribution in [0.15, 0.2) is 35.7 Å². The lowest BCUT2D eigenvalue weighted by Gasteiger charge is -2.08. The number of alkyl halides is 3. The van der Waals surface area contributed by atoms with E-state index in [-0.39, 0.29) is 0 Å². The van der Waals surface area contributed by atoms with Crippen LogP contribution >= 0.6 is 11.3 Å². The first-order chi connectivity index (χ1) is 8.02. The topological polar surface area (TPSA) is 17.1 Å². The summed E-state index contributed by atoms with van der Waals surface area (Å²) in [7, 11) is 0. The quantitative estimate of drug-likeness (QED) is 0.734. The van der Waals surface area contributed by atoms with Crippen LogP contribution < -0.4 is 0 Å². The Bertz CT molecular complexity index is 543. The van der Waals surface area contributed by atoms with Crippen molar-refractivity contribution in [2.24, 2.45) is 0 Å². The van der Waals surface area contributed by atoms with Gasteiger partial charge >= 0.3 is 6.18 Å². The fourth-order valence-corrected chi connectivity index (χ4v) is 2.23. The van der Waals surface area contributed by atoms with Crippen LogP contribution in [0.5, 0.6) is 0 Å². The summed E-state index contributed by atoms with van der Waals surface area (Å²) < 4.78 is 37.6. The third kappa shape index (κ3) is 2.39. The summed E-state index contributed by atoms with van der Waals surface area (Å²) in [5, 5.41) is 1.68. The third-order valence-electron chi connectivity index (χ3n) is 2.30. The van der Waals surface area contributed by atoms with Crippen LogP contribution in [0.1, 0.15) is 15.2 Å². The predicted octanol–water partition coefficient (Wildman–Crippen LogP) is 4.25. The molecule has 2 aromatic rings. The van der Waals surface area contributed by atoms with Crippen molar-refractivity contribution in [3.8, 4) is 11.1 Å².